The average Bonchev–Trinajstić information content (AvgIpc) is 2.95. The Bertz CT molecular complexity index is 919. The van der Waals surface area contributed by atoms with Gasteiger partial charge in [0.05, 0.1) is 11.3 Å². The van der Waals surface area contributed by atoms with Gasteiger partial charge in [0.15, 0.2) is 0 Å². The van der Waals surface area contributed by atoms with E-state index in [1.807, 2.05) is 0 Å². The number of likely N-dealkylation sites (N-methyl/N-ethyl adjacent to an activating group) is 1. The number of hydrazine groups is 1. The fourth-order valence-corrected chi connectivity index (χ4v) is 3.74. The molecule has 28 heavy (non-hydrogen) atoms. The summed E-state index contributed by atoms with van der Waals surface area (Å²) in [6.45, 7) is 0.132. The highest BCUT2D eigenvalue weighted by molar-refractivity contribution is 7.28. The maximum atomic E-state index is 13.1. The number of nitrogens with two attached hydrogens (primary N) is 1. The normalized spacial score (nSPS) is 19.8. The minimum absolute atomic E-state index is 0.132. The summed E-state index contributed by atoms with van der Waals surface area (Å²) in [5.41, 5.74) is -0.140. The van der Waals surface area contributed by atoms with Gasteiger partial charge in [0.2, 0.25) is 5.91 Å². The minimum atomic E-state index is -4.51. The molecular formula is C19H19F3N3O2P. The molecule has 0 aromatic heterocycles. The third-order valence-electron chi connectivity index (χ3n) is 4.86. The molecule has 0 spiro atoms. The molecule has 3 unspecified atom stereocenters. The van der Waals surface area contributed by atoms with Gasteiger partial charge >= 0.3 is 6.18 Å². The van der Waals surface area contributed by atoms with Gasteiger partial charge in [0.1, 0.15) is 5.92 Å². The predicted octanol–water partition coefficient (Wildman–Crippen LogP) is 2.28. The molecule has 3 atom stereocenters. The number of carbonyl (C=O) groups is 2. The molecule has 1 heterocycles. The molecule has 1 fully saturated rings. The summed E-state index contributed by atoms with van der Waals surface area (Å²) in [4.78, 5) is 27.0. The van der Waals surface area contributed by atoms with Crippen molar-refractivity contribution in [1.29, 1.82) is 0 Å². The summed E-state index contributed by atoms with van der Waals surface area (Å²) in [5, 5.41) is 1.55. The van der Waals surface area contributed by atoms with Crippen molar-refractivity contribution < 1.29 is 22.8 Å². The molecule has 2 aromatic rings. The number of amides is 2. The molecule has 1 aliphatic rings. The van der Waals surface area contributed by atoms with Gasteiger partial charge in [-0.3, -0.25) is 9.59 Å². The molecule has 5 nitrogen and oxygen atoms in total. The molecule has 0 aliphatic carbocycles. The van der Waals surface area contributed by atoms with Gasteiger partial charge in [-0.1, -0.05) is 36.4 Å². The lowest BCUT2D eigenvalue weighted by Crippen LogP contribution is -2.46. The molecule has 2 amide bonds. The first-order valence-electron chi connectivity index (χ1n) is 8.46. The van der Waals surface area contributed by atoms with Gasteiger partial charge in [-0.05, 0) is 23.0 Å². The Morgan fingerprint density at radius 3 is 2.54 bits per heavy atom. The maximum absolute atomic E-state index is 13.1. The first-order valence-corrected chi connectivity index (χ1v) is 9.04. The maximum Gasteiger partial charge on any atom is 0.416 e. The number of carbonyl (C=O) groups excluding carboxylic acids is 2. The van der Waals surface area contributed by atoms with Gasteiger partial charge in [0.25, 0.3) is 5.91 Å². The van der Waals surface area contributed by atoms with E-state index in [1.165, 1.54) is 24.1 Å². The Balaban J connectivity index is 1.97. The van der Waals surface area contributed by atoms with E-state index in [-0.39, 0.29) is 12.1 Å². The van der Waals surface area contributed by atoms with Crippen LogP contribution in [0.5, 0.6) is 0 Å². The van der Waals surface area contributed by atoms with Crippen LogP contribution in [0.15, 0.2) is 48.5 Å². The molecule has 0 bridgehead atoms. The summed E-state index contributed by atoms with van der Waals surface area (Å²) < 4.78 is 39.2. The second-order valence-corrected chi connectivity index (χ2v) is 7.32. The van der Waals surface area contributed by atoms with E-state index in [4.69, 9.17) is 5.84 Å². The van der Waals surface area contributed by atoms with Gasteiger partial charge < -0.3 is 4.90 Å². The third-order valence-corrected chi connectivity index (χ3v) is 5.35. The van der Waals surface area contributed by atoms with Crippen LogP contribution in [-0.4, -0.2) is 30.3 Å². The number of halogens is 3. The standard InChI is InChI=1S/C19H19F3N3O2P/c1-24-10-13(11-5-4-6-12(9-11)19(20,21)22)16(17(24)26)18(27)25(23)14-7-2-3-8-15(14)28/h2-9,13,16H,10,23,28H2,1H3. The monoisotopic (exact) mass is 409 g/mol. The van der Waals surface area contributed by atoms with E-state index in [9.17, 15) is 22.8 Å². The van der Waals surface area contributed by atoms with Gasteiger partial charge in [-0.15, -0.1) is 9.24 Å². The van der Waals surface area contributed by atoms with Gasteiger partial charge in [-0.25, -0.2) is 10.9 Å². The molecule has 1 aliphatic heterocycles. The predicted molar refractivity (Wildman–Crippen MR) is 103 cm³/mol. The van der Waals surface area contributed by atoms with Crippen molar-refractivity contribution in [2.24, 2.45) is 11.8 Å². The number of benzene rings is 2. The van der Waals surface area contributed by atoms with E-state index in [0.29, 0.717) is 11.0 Å². The Hall–Kier alpha value is -2.44. The van der Waals surface area contributed by atoms with Crippen LogP contribution in [0.3, 0.4) is 0 Å². The Labute approximate surface area is 162 Å². The summed E-state index contributed by atoms with van der Waals surface area (Å²) in [6.07, 6.45) is -4.51. The van der Waals surface area contributed by atoms with Crippen molar-refractivity contribution >= 4 is 32.0 Å². The zero-order valence-corrected chi connectivity index (χ0v) is 16.1. The molecule has 1 saturated heterocycles. The number of hydrogen-bond acceptors (Lipinski definition) is 3. The fraction of sp³-hybridized carbons (Fsp3) is 0.263. The lowest BCUT2D eigenvalue weighted by molar-refractivity contribution is -0.137. The van der Waals surface area contributed by atoms with Gasteiger partial charge in [-0.2, -0.15) is 13.2 Å². The Morgan fingerprint density at radius 1 is 1.21 bits per heavy atom. The highest BCUT2D eigenvalue weighted by Crippen LogP contribution is 2.37. The smallest absolute Gasteiger partial charge is 0.344 e. The zero-order chi connectivity index (χ0) is 20.6. The number of likely N-dealkylation sites (tertiary alicyclic amines) is 1. The summed E-state index contributed by atoms with van der Waals surface area (Å²) >= 11 is 0. The van der Waals surface area contributed by atoms with Crippen molar-refractivity contribution in [2.45, 2.75) is 12.1 Å². The molecule has 2 aromatic carbocycles. The van der Waals surface area contributed by atoms with Crippen LogP contribution in [0.1, 0.15) is 17.0 Å². The molecule has 2 N–H and O–H groups in total. The van der Waals surface area contributed by atoms with Crippen LogP contribution in [0.4, 0.5) is 18.9 Å². The summed E-state index contributed by atoms with van der Waals surface area (Å²) in [7, 11) is 3.97. The molecule has 9 heteroatoms. The van der Waals surface area contributed by atoms with Crippen molar-refractivity contribution in [3.63, 3.8) is 0 Å². The Morgan fingerprint density at radius 2 is 1.89 bits per heavy atom. The molecule has 3 rings (SSSR count). The topological polar surface area (TPSA) is 66.6 Å². The fourth-order valence-electron chi connectivity index (χ4n) is 3.40. The van der Waals surface area contributed by atoms with Gasteiger partial charge in [0, 0.05) is 19.5 Å². The highest BCUT2D eigenvalue weighted by Gasteiger charge is 2.46. The van der Waals surface area contributed by atoms with E-state index in [1.54, 1.807) is 24.3 Å². The van der Waals surface area contributed by atoms with E-state index >= 15 is 0 Å². The number of anilines is 1. The average molecular weight is 409 g/mol. The lowest BCUT2D eigenvalue weighted by atomic mass is 9.87. The van der Waals surface area contributed by atoms with Crippen LogP contribution < -0.4 is 16.2 Å². The summed E-state index contributed by atoms with van der Waals surface area (Å²) in [6, 6.07) is 11.6. The number of nitrogens with zero attached hydrogens (tertiary/aromatic N) is 2. The number of rotatable bonds is 3. The molecular weight excluding hydrogens is 390 g/mol. The van der Waals surface area contributed by atoms with Crippen molar-refractivity contribution in [2.75, 3.05) is 18.6 Å². The van der Waals surface area contributed by atoms with Crippen molar-refractivity contribution in [3.05, 3.63) is 59.7 Å². The highest BCUT2D eigenvalue weighted by atomic mass is 31.0. The van der Waals surface area contributed by atoms with Crippen molar-refractivity contribution in [3.8, 4) is 0 Å². The number of alkyl halides is 3. The first kappa shape index (κ1) is 20.3. The zero-order valence-electron chi connectivity index (χ0n) is 15.0. The second kappa shape index (κ2) is 7.53. The SMILES string of the molecule is CN1CC(c2cccc(C(F)(F)F)c2)C(C(=O)N(N)c2ccccc2P)C1=O. The quantitative estimate of drug-likeness (QED) is 0.278. The van der Waals surface area contributed by atoms with Crippen LogP contribution in [0.25, 0.3) is 0 Å². The second-order valence-electron chi connectivity index (χ2n) is 6.69. The summed E-state index contributed by atoms with van der Waals surface area (Å²) in [5.74, 6) is 2.94. The van der Waals surface area contributed by atoms with Crippen LogP contribution in [-0.2, 0) is 15.8 Å². The molecule has 0 saturated carbocycles. The number of hydrogen-bond donors (Lipinski definition) is 1. The minimum Gasteiger partial charge on any atom is -0.344 e. The van der Waals surface area contributed by atoms with E-state index < -0.39 is 35.4 Å². The first-order chi connectivity index (χ1) is 13.1. The molecule has 0 radical (unpaired) electrons. The third kappa shape index (κ3) is 3.75. The lowest BCUT2D eigenvalue weighted by Gasteiger charge is -2.24. The van der Waals surface area contributed by atoms with Crippen LogP contribution >= 0.6 is 9.24 Å². The molecule has 148 valence electrons. The van der Waals surface area contributed by atoms with Crippen LogP contribution in [0.2, 0.25) is 0 Å². The number of para-hydroxylation sites is 1. The Kier molecular flexibility index (Phi) is 5.46. The van der Waals surface area contributed by atoms with Crippen molar-refractivity contribution in [1.82, 2.24) is 4.90 Å². The van der Waals surface area contributed by atoms with E-state index in [0.717, 1.165) is 17.1 Å². The van der Waals surface area contributed by atoms with E-state index in [2.05, 4.69) is 9.24 Å². The largest absolute Gasteiger partial charge is 0.416 e. The van der Waals surface area contributed by atoms with Crippen LogP contribution in [0, 0.1) is 5.92 Å².